The van der Waals surface area contributed by atoms with Crippen molar-refractivity contribution < 1.29 is 23.5 Å². The number of rotatable bonds is 6. The molecule has 0 aliphatic heterocycles. The van der Waals surface area contributed by atoms with Crippen LogP contribution >= 0.6 is 11.6 Å². The molecule has 1 aliphatic rings. The van der Waals surface area contributed by atoms with E-state index in [1.807, 2.05) is 12.1 Å². The van der Waals surface area contributed by atoms with Crippen LogP contribution in [0.25, 0.3) is 22.0 Å². The number of methoxy groups -OCH3 is 1. The SMILES string of the molecule is COC(=O)C1CC(NC(=O)C(C)Oc2ccc3c(-c4ccc(F)cc4Cl)ccnc3c2)C1. The summed E-state index contributed by atoms with van der Waals surface area (Å²) in [6.07, 6.45) is 2.06. The molecule has 1 fully saturated rings. The first kappa shape index (κ1) is 22.0. The van der Waals surface area contributed by atoms with Crippen LogP contribution in [0.5, 0.6) is 5.75 Å². The predicted molar refractivity (Wildman–Crippen MR) is 119 cm³/mol. The van der Waals surface area contributed by atoms with Gasteiger partial charge in [-0.05, 0) is 61.7 Å². The van der Waals surface area contributed by atoms with Gasteiger partial charge in [0, 0.05) is 29.3 Å². The van der Waals surface area contributed by atoms with Crippen molar-refractivity contribution in [1.29, 1.82) is 0 Å². The molecular weight excluding hydrogens is 435 g/mol. The minimum absolute atomic E-state index is 0.0565. The molecule has 3 aromatic rings. The number of fused-ring (bicyclic) bond motifs is 1. The first-order chi connectivity index (χ1) is 15.4. The first-order valence-electron chi connectivity index (χ1n) is 10.2. The quantitative estimate of drug-likeness (QED) is 0.551. The van der Waals surface area contributed by atoms with Crippen molar-refractivity contribution in [2.24, 2.45) is 5.92 Å². The summed E-state index contributed by atoms with van der Waals surface area (Å²) in [7, 11) is 1.36. The maximum Gasteiger partial charge on any atom is 0.308 e. The average molecular weight is 457 g/mol. The number of hydrogen-bond acceptors (Lipinski definition) is 5. The second-order valence-corrected chi connectivity index (χ2v) is 8.23. The molecular formula is C24H22ClFN2O4. The molecule has 2 aromatic carbocycles. The summed E-state index contributed by atoms with van der Waals surface area (Å²) >= 11 is 6.24. The van der Waals surface area contributed by atoms with Gasteiger partial charge in [-0.2, -0.15) is 0 Å². The van der Waals surface area contributed by atoms with Crippen molar-refractivity contribution in [2.45, 2.75) is 31.9 Å². The number of amides is 1. The molecule has 1 unspecified atom stereocenters. The summed E-state index contributed by atoms with van der Waals surface area (Å²) in [5.74, 6) is -0.557. The highest BCUT2D eigenvalue weighted by Crippen LogP contribution is 2.34. The first-order valence-corrected chi connectivity index (χ1v) is 10.6. The van der Waals surface area contributed by atoms with Gasteiger partial charge in [-0.15, -0.1) is 0 Å². The standard InChI is InChI=1S/C24H22ClFN2O4/c1-13(23(29)28-16-9-14(10-16)24(30)31-2)32-17-4-6-20-18(7-8-27-22(20)12-17)19-5-3-15(26)11-21(19)25/h3-8,11-14,16H,9-10H2,1-2H3,(H,28,29). The van der Waals surface area contributed by atoms with Gasteiger partial charge < -0.3 is 14.8 Å². The highest BCUT2D eigenvalue weighted by Gasteiger charge is 2.36. The monoisotopic (exact) mass is 456 g/mol. The van der Waals surface area contributed by atoms with Gasteiger partial charge in [-0.1, -0.05) is 11.6 Å². The van der Waals surface area contributed by atoms with E-state index >= 15 is 0 Å². The van der Waals surface area contributed by atoms with E-state index in [1.165, 1.54) is 19.2 Å². The molecule has 0 spiro atoms. The molecule has 166 valence electrons. The Morgan fingerprint density at radius 2 is 1.94 bits per heavy atom. The van der Waals surface area contributed by atoms with Crippen LogP contribution in [0.15, 0.2) is 48.7 Å². The molecule has 0 bridgehead atoms. The molecule has 1 aliphatic carbocycles. The number of benzene rings is 2. The molecule has 4 rings (SSSR count). The zero-order valence-corrected chi connectivity index (χ0v) is 18.4. The van der Waals surface area contributed by atoms with E-state index in [9.17, 15) is 14.0 Å². The normalized spacial score (nSPS) is 18.5. The van der Waals surface area contributed by atoms with Crippen molar-refractivity contribution in [2.75, 3.05) is 7.11 Å². The Labute approximate surface area is 189 Å². The molecule has 8 heteroatoms. The topological polar surface area (TPSA) is 77.5 Å². The predicted octanol–water partition coefficient (Wildman–Crippen LogP) is 4.53. The molecule has 1 heterocycles. The largest absolute Gasteiger partial charge is 0.481 e. The van der Waals surface area contributed by atoms with Gasteiger partial charge in [0.2, 0.25) is 0 Å². The number of carbonyl (C=O) groups is 2. The van der Waals surface area contributed by atoms with Crippen LogP contribution in [0.2, 0.25) is 5.02 Å². The molecule has 32 heavy (non-hydrogen) atoms. The molecule has 1 saturated carbocycles. The fourth-order valence-corrected chi connectivity index (χ4v) is 4.08. The number of esters is 1. The van der Waals surface area contributed by atoms with Crippen molar-refractivity contribution in [3.8, 4) is 16.9 Å². The number of nitrogens with zero attached hydrogens (tertiary/aromatic N) is 1. The summed E-state index contributed by atoms with van der Waals surface area (Å²) < 4.78 is 24.0. The van der Waals surface area contributed by atoms with Crippen LogP contribution in [-0.4, -0.2) is 36.1 Å². The smallest absolute Gasteiger partial charge is 0.308 e. The zero-order valence-electron chi connectivity index (χ0n) is 17.6. The average Bonchev–Trinajstić information content (AvgIpc) is 2.74. The second kappa shape index (κ2) is 9.12. The Morgan fingerprint density at radius 1 is 1.16 bits per heavy atom. The number of pyridine rings is 1. The zero-order chi connectivity index (χ0) is 22.8. The van der Waals surface area contributed by atoms with Crippen LogP contribution in [0.3, 0.4) is 0 Å². The molecule has 1 N–H and O–H groups in total. The summed E-state index contributed by atoms with van der Waals surface area (Å²) in [4.78, 5) is 28.3. The molecule has 1 aromatic heterocycles. The van der Waals surface area contributed by atoms with Gasteiger partial charge in [-0.3, -0.25) is 14.6 Å². The van der Waals surface area contributed by atoms with E-state index in [1.54, 1.807) is 31.3 Å². The lowest BCUT2D eigenvalue weighted by molar-refractivity contribution is -0.150. The maximum atomic E-state index is 13.4. The highest BCUT2D eigenvalue weighted by molar-refractivity contribution is 6.33. The Balaban J connectivity index is 1.45. The van der Waals surface area contributed by atoms with Gasteiger partial charge in [-0.25, -0.2) is 4.39 Å². The van der Waals surface area contributed by atoms with Crippen molar-refractivity contribution in [1.82, 2.24) is 10.3 Å². The molecule has 6 nitrogen and oxygen atoms in total. The lowest BCUT2D eigenvalue weighted by Crippen LogP contribution is -2.50. The van der Waals surface area contributed by atoms with Gasteiger partial charge in [0.15, 0.2) is 6.10 Å². The lowest BCUT2D eigenvalue weighted by atomic mass is 9.80. The highest BCUT2D eigenvalue weighted by atomic mass is 35.5. The minimum atomic E-state index is -0.723. The van der Waals surface area contributed by atoms with Crippen LogP contribution in [0.4, 0.5) is 4.39 Å². The number of halogens is 2. The van der Waals surface area contributed by atoms with Gasteiger partial charge >= 0.3 is 5.97 Å². The van der Waals surface area contributed by atoms with E-state index in [4.69, 9.17) is 21.1 Å². The number of nitrogens with one attached hydrogen (secondary N) is 1. The fraction of sp³-hybridized carbons (Fsp3) is 0.292. The van der Waals surface area contributed by atoms with Crippen LogP contribution in [-0.2, 0) is 14.3 Å². The number of carbonyl (C=O) groups excluding carboxylic acids is 2. The number of ether oxygens (including phenoxy) is 2. The fourth-order valence-electron chi connectivity index (χ4n) is 3.81. The summed E-state index contributed by atoms with van der Waals surface area (Å²) in [6.45, 7) is 1.66. The van der Waals surface area contributed by atoms with Gasteiger partial charge in [0.05, 0.1) is 23.6 Å². The Kier molecular flexibility index (Phi) is 6.28. The summed E-state index contributed by atoms with van der Waals surface area (Å²) in [5, 5.41) is 4.03. The van der Waals surface area contributed by atoms with Crippen molar-refractivity contribution in [3.63, 3.8) is 0 Å². The van der Waals surface area contributed by atoms with E-state index in [0.717, 1.165) is 10.9 Å². The van der Waals surface area contributed by atoms with E-state index < -0.39 is 11.9 Å². The Bertz CT molecular complexity index is 1180. The molecule has 0 saturated heterocycles. The summed E-state index contributed by atoms with van der Waals surface area (Å²) in [5.41, 5.74) is 2.18. The van der Waals surface area contributed by atoms with Crippen molar-refractivity contribution >= 4 is 34.4 Å². The molecule has 1 amide bonds. The van der Waals surface area contributed by atoms with Crippen LogP contribution < -0.4 is 10.1 Å². The van der Waals surface area contributed by atoms with E-state index in [-0.39, 0.29) is 23.8 Å². The van der Waals surface area contributed by atoms with Crippen molar-refractivity contribution in [3.05, 3.63) is 59.5 Å². The lowest BCUT2D eigenvalue weighted by Gasteiger charge is -2.34. The Morgan fingerprint density at radius 3 is 2.66 bits per heavy atom. The summed E-state index contributed by atoms with van der Waals surface area (Å²) in [6, 6.07) is 11.4. The second-order valence-electron chi connectivity index (χ2n) is 7.82. The Hall–Kier alpha value is -3.19. The van der Waals surface area contributed by atoms with Crippen LogP contribution in [0.1, 0.15) is 19.8 Å². The third-order valence-electron chi connectivity index (χ3n) is 5.64. The number of hydrogen-bond donors (Lipinski definition) is 1. The third kappa shape index (κ3) is 4.53. The number of aromatic nitrogens is 1. The minimum Gasteiger partial charge on any atom is -0.481 e. The maximum absolute atomic E-state index is 13.4. The third-order valence-corrected chi connectivity index (χ3v) is 5.95. The van der Waals surface area contributed by atoms with E-state index in [2.05, 4.69) is 10.3 Å². The van der Waals surface area contributed by atoms with Gasteiger partial charge in [0.25, 0.3) is 5.91 Å². The van der Waals surface area contributed by atoms with Crippen LogP contribution in [0, 0.1) is 11.7 Å². The molecule has 0 radical (unpaired) electrons. The molecule has 1 atom stereocenters. The van der Waals surface area contributed by atoms with Gasteiger partial charge in [0.1, 0.15) is 11.6 Å². The van der Waals surface area contributed by atoms with E-state index in [0.29, 0.717) is 34.7 Å².